The lowest BCUT2D eigenvalue weighted by Gasteiger charge is -2.19. The molecule has 20 heavy (non-hydrogen) atoms. The van der Waals surface area contributed by atoms with E-state index in [4.69, 9.17) is 15.2 Å². The Morgan fingerprint density at radius 1 is 1.45 bits per heavy atom. The molecule has 2 aromatic rings. The van der Waals surface area contributed by atoms with E-state index in [0.29, 0.717) is 11.2 Å². The van der Waals surface area contributed by atoms with Gasteiger partial charge in [0.1, 0.15) is 30.2 Å². The zero-order valence-corrected chi connectivity index (χ0v) is 10.7. The topological polar surface area (TPSA) is 129 Å². The standard InChI is InChI=1S/C11H15N5O4/c1-19-8-7(18)5(2-17)20-11(8)16-4-15-6-9(12)13-3-14-10(6)16/h3-5,7-8,11,17-18H,2H2,1H3,(H2,12,13,14)/t5-,7-,8+,11-/m0/s1. The first-order valence-electron chi connectivity index (χ1n) is 6.07. The van der Waals surface area contributed by atoms with E-state index in [9.17, 15) is 10.2 Å². The number of ether oxygens (including phenoxy) is 2. The van der Waals surface area contributed by atoms with Crippen molar-refractivity contribution < 1.29 is 19.7 Å². The van der Waals surface area contributed by atoms with Crippen LogP contribution in [0.5, 0.6) is 0 Å². The van der Waals surface area contributed by atoms with Gasteiger partial charge in [0.05, 0.1) is 12.9 Å². The van der Waals surface area contributed by atoms with Crippen molar-refractivity contribution in [3.05, 3.63) is 12.7 Å². The van der Waals surface area contributed by atoms with Crippen LogP contribution in [0, 0.1) is 0 Å². The van der Waals surface area contributed by atoms with Gasteiger partial charge in [-0.25, -0.2) is 15.0 Å². The Kier molecular flexibility index (Phi) is 3.26. The summed E-state index contributed by atoms with van der Waals surface area (Å²) in [6, 6.07) is 0. The molecule has 9 heteroatoms. The van der Waals surface area contributed by atoms with Crippen molar-refractivity contribution in [1.29, 1.82) is 0 Å². The minimum Gasteiger partial charge on any atom is -0.394 e. The number of methoxy groups -OCH3 is 1. The summed E-state index contributed by atoms with van der Waals surface area (Å²) in [6.07, 6.45) is -0.119. The Bertz CT molecular complexity index is 618. The molecule has 0 spiro atoms. The predicted molar refractivity (Wildman–Crippen MR) is 67.5 cm³/mol. The molecule has 0 aliphatic carbocycles. The Labute approximate surface area is 114 Å². The number of aliphatic hydroxyl groups excluding tert-OH is 2. The molecule has 1 saturated heterocycles. The van der Waals surface area contributed by atoms with Crippen molar-refractivity contribution in [2.75, 3.05) is 19.5 Å². The molecule has 3 rings (SSSR count). The molecule has 1 fully saturated rings. The van der Waals surface area contributed by atoms with Crippen LogP contribution in [0.1, 0.15) is 6.23 Å². The maximum atomic E-state index is 10.0. The van der Waals surface area contributed by atoms with Gasteiger partial charge in [0, 0.05) is 7.11 Å². The quantitative estimate of drug-likeness (QED) is 0.631. The predicted octanol–water partition coefficient (Wildman–Crippen LogP) is -1.33. The average molecular weight is 281 g/mol. The van der Waals surface area contributed by atoms with E-state index in [0.717, 1.165) is 0 Å². The molecule has 2 aromatic heterocycles. The summed E-state index contributed by atoms with van der Waals surface area (Å²) in [5.41, 5.74) is 6.66. The fourth-order valence-electron chi connectivity index (χ4n) is 2.40. The number of nitrogens with zero attached hydrogens (tertiary/aromatic N) is 4. The van der Waals surface area contributed by atoms with E-state index in [1.807, 2.05) is 0 Å². The third kappa shape index (κ3) is 1.83. The van der Waals surface area contributed by atoms with Crippen LogP contribution in [0.3, 0.4) is 0 Å². The number of nitrogens with two attached hydrogens (primary N) is 1. The Balaban J connectivity index is 2.04. The van der Waals surface area contributed by atoms with Crippen LogP contribution < -0.4 is 5.73 Å². The molecule has 9 nitrogen and oxygen atoms in total. The van der Waals surface area contributed by atoms with Gasteiger partial charge in [-0.3, -0.25) is 4.57 Å². The van der Waals surface area contributed by atoms with Crippen LogP contribution in [-0.2, 0) is 9.47 Å². The first kappa shape index (κ1) is 13.2. The zero-order chi connectivity index (χ0) is 14.3. The molecule has 0 unspecified atom stereocenters. The van der Waals surface area contributed by atoms with E-state index in [1.165, 1.54) is 19.8 Å². The molecule has 4 N–H and O–H groups in total. The van der Waals surface area contributed by atoms with E-state index < -0.39 is 24.5 Å². The average Bonchev–Trinajstić information content (AvgIpc) is 3.00. The highest BCUT2D eigenvalue weighted by Crippen LogP contribution is 2.33. The van der Waals surface area contributed by atoms with Crippen molar-refractivity contribution in [3.8, 4) is 0 Å². The number of aliphatic hydroxyl groups is 2. The number of hydrogen-bond donors (Lipinski definition) is 3. The number of rotatable bonds is 3. The first-order chi connectivity index (χ1) is 9.67. The third-order valence-electron chi connectivity index (χ3n) is 3.43. The molecule has 108 valence electrons. The second-order valence-corrected chi connectivity index (χ2v) is 4.52. The number of hydrogen-bond acceptors (Lipinski definition) is 8. The molecule has 4 atom stereocenters. The number of nitrogen functional groups attached to an aromatic ring is 1. The van der Waals surface area contributed by atoms with E-state index in [-0.39, 0.29) is 12.4 Å². The van der Waals surface area contributed by atoms with Crippen LogP contribution >= 0.6 is 0 Å². The molecule has 3 heterocycles. The van der Waals surface area contributed by atoms with Crippen molar-refractivity contribution in [3.63, 3.8) is 0 Å². The molecule has 0 aromatic carbocycles. The van der Waals surface area contributed by atoms with Gasteiger partial charge in [0.2, 0.25) is 0 Å². The summed E-state index contributed by atoms with van der Waals surface area (Å²) in [7, 11) is 1.46. The van der Waals surface area contributed by atoms with Crippen LogP contribution in [0.25, 0.3) is 11.2 Å². The summed E-state index contributed by atoms with van der Waals surface area (Å²) >= 11 is 0. The minimum atomic E-state index is -0.938. The molecule has 0 amide bonds. The Morgan fingerprint density at radius 2 is 2.25 bits per heavy atom. The third-order valence-corrected chi connectivity index (χ3v) is 3.43. The van der Waals surface area contributed by atoms with Crippen LogP contribution in [-0.4, -0.2) is 61.8 Å². The highest BCUT2D eigenvalue weighted by Gasteiger charge is 2.45. The van der Waals surface area contributed by atoms with Gasteiger partial charge in [0.25, 0.3) is 0 Å². The maximum Gasteiger partial charge on any atom is 0.167 e. The van der Waals surface area contributed by atoms with Crippen LogP contribution in [0.4, 0.5) is 5.82 Å². The molecule has 1 aliphatic rings. The second-order valence-electron chi connectivity index (χ2n) is 4.52. The smallest absolute Gasteiger partial charge is 0.167 e. The van der Waals surface area contributed by atoms with Gasteiger partial charge >= 0.3 is 0 Å². The van der Waals surface area contributed by atoms with Gasteiger partial charge in [-0.1, -0.05) is 0 Å². The van der Waals surface area contributed by atoms with Crippen LogP contribution in [0.2, 0.25) is 0 Å². The van der Waals surface area contributed by atoms with Crippen molar-refractivity contribution in [2.24, 2.45) is 0 Å². The lowest BCUT2D eigenvalue weighted by Crippen LogP contribution is -2.34. The maximum absolute atomic E-state index is 10.0. The summed E-state index contributed by atoms with van der Waals surface area (Å²) in [4.78, 5) is 12.1. The van der Waals surface area contributed by atoms with Crippen LogP contribution in [0.15, 0.2) is 12.7 Å². The first-order valence-corrected chi connectivity index (χ1v) is 6.07. The highest BCUT2D eigenvalue weighted by atomic mass is 16.6. The Morgan fingerprint density at radius 3 is 2.95 bits per heavy atom. The van der Waals surface area contributed by atoms with Crippen molar-refractivity contribution in [2.45, 2.75) is 24.5 Å². The second kappa shape index (κ2) is 4.94. The van der Waals surface area contributed by atoms with E-state index in [2.05, 4.69) is 15.0 Å². The number of anilines is 1. The molecular formula is C11H15N5O4. The van der Waals surface area contributed by atoms with Gasteiger partial charge in [-0.15, -0.1) is 0 Å². The summed E-state index contributed by atoms with van der Waals surface area (Å²) in [5, 5.41) is 19.3. The summed E-state index contributed by atoms with van der Waals surface area (Å²) in [5.74, 6) is 0.264. The lowest BCUT2D eigenvalue weighted by molar-refractivity contribution is -0.0583. The summed E-state index contributed by atoms with van der Waals surface area (Å²) in [6.45, 7) is -0.304. The van der Waals surface area contributed by atoms with Gasteiger partial charge in [0.15, 0.2) is 17.7 Å². The molecule has 0 bridgehead atoms. The highest BCUT2D eigenvalue weighted by molar-refractivity contribution is 5.81. The van der Waals surface area contributed by atoms with E-state index >= 15 is 0 Å². The van der Waals surface area contributed by atoms with Crippen molar-refractivity contribution in [1.82, 2.24) is 19.5 Å². The fourth-order valence-corrected chi connectivity index (χ4v) is 2.40. The normalized spacial score (nSPS) is 30.1. The fraction of sp³-hybridized carbons (Fsp3) is 0.545. The summed E-state index contributed by atoms with van der Waals surface area (Å²) < 4.78 is 12.5. The zero-order valence-electron chi connectivity index (χ0n) is 10.7. The SMILES string of the molecule is CO[C@@H]1[C@@H](O)[C@H](CO)O[C@@H]1n1cnc2c(N)ncnc21. The largest absolute Gasteiger partial charge is 0.394 e. The minimum absolute atomic E-state index is 0.264. The molecule has 0 saturated carbocycles. The number of imidazole rings is 1. The van der Waals surface area contributed by atoms with Gasteiger partial charge < -0.3 is 25.4 Å². The lowest BCUT2D eigenvalue weighted by atomic mass is 10.1. The van der Waals surface area contributed by atoms with E-state index in [1.54, 1.807) is 4.57 Å². The molecular weight excluding hydrogens is 266 g/mol. The monoisotopic (exact) mass is 281 g/mol. The molecule has 1 aliphatic heterocycles. The Hall–Kier alpha value is -1.81. The van der Waals surface area contributed by atoms with Gasteiger partial charge in [-0.2, -0.15) is 0 Å². The van der Waals surface area contributed by atoms with Crippen molar-refractivity contribution >= 4 is 17.0 Å². The molecule has 0 radical (unpaired) electrons. The van der Waals surface area contributed by atoms with Gasteiger partial charge in [-0.05, 0) is 0 Å². The number of aromatic nitrogens is 4. The number of fused-ring (bicyclic) bond motifs is 1.